The zero-order chi connectivity index (χ0) is 13.4. The van der Waals surface area contributed by atoms with Crippen molar-refractivity contribution in [1.82, 2.24) is 0 Å². The van der Waals surface area contributed by atoms with Gasteiger partial charge < -0.3 is 5.11 Å². The number of carboxylic acid groups (broad SMARTS) is 1. The van der Waals surface area contributed by atoms with Crippen molar-refractivity contribution in [2.24, 2.45) is 0 Å². The van der Waals surface area contributed by atoms with Crippen molar-refractivity contribution in [1.29, 1.82) is 0 Å². The Morgan fingerprint density at radius 1 is 1.35 bits per heavy atom. The first-order valence-electron chi connectivity index (χ1n) is 4.85. The largest absolute Gasteiger partial charge is 0.480 e. The highest BCUT2D eigenvalue weighted by Gasteiger charge is 2.43. The van der Waals surface area contributed by atoms with Gasteiger partial charge in [-0.05, 0) is 38.5 Å². The average Bonchev–Trinajstić information content (AvgIpc) is 2.21. The number of rotatable bonds is 3. The summed E-state index contributed by atoms with van der Waals surface area (Å²) >= 11 is 0. The molecule has 17 heavy (non-hydrogen) atoms. The molecule has 0 bridgehead atoms. The van der Waals surface area contributed by atoms with Gasteiger partial charge in [-0.2, -0.15) is 0 Å². The highest BCUT2D eigenvalue weighted by Crippen LogP contribution is 2.26. The van der Waals surface area contributed by atoms with E-state index in [1.807, 2.05) is 0 Å². The van der Waals surface area contributed by atoms with Crippen LogP contribution >= 0.6 is 0 Å². The van der Waals surface area contributed by atoms with Crippen LogP contribution in [-0.4, -0.2) is 24.2 Å². The third kappa shape index (κ3) is 2.17. The number of aryl methyl sites for hydroxylation is 1. The molecule has 4 nitrogen and oxygen atoms in total. The first-order valence-corrected chi connectivity index (χ1v) is 6.33. The Bertz CT molecular complexity index is 561. The fourth-order valence-corrected chi connectivity index (χ4v) is 2.48. The van der Waals surface area contributed by atoms with Crippen LogP contribution in [0.5, 0.6) is 0 Å². The zero-order valence-corrected chi connectivity index (χ0v) is 10.5. The van der Waals surface area contributed by atoms with E-state index in [4.69, 9.17) is 5.11 Å². The lowest BCUT2D eigenvalue weighted by molar-refractivity contribution is -0.139. The molecule has 1 rings (SSSR count). The standard InChI is InChI=1S/C11H13FO4S/c1-7-4-5-8(6-9(7)12)17(15,16)11(2,3)10(13)14/h4-6H,1-3H3,(H,13,14). The second kappa shape index (κ2) is 4.10. The van der Waals surface area contributed by atoms with E-state index in [2.05, 4.69) is 0 Å². The Labute approximate surface area is 99.0 Å². The molecule has 94 valence electrons. The van der Waals surface area contributed by atoms with Gasteiger partial charge >= 0.3 is 5.97 Å². The molecule has 0 heterocycles. The van der Waals surface area contributed by atoms with E-state index >= 15 is 0 Å². The number of aliphatic carboxylic acids is 1. The summed E-state index contributed by atoms with van der Waals surface area (Å²) in [6.45, 7) is 3.64. The van der Waals surface area contributed by atoms with Gasteiger partial charge in [-0.1, -0.05) is 6.07 Å². The van der Waals surface area contributed by atoms with E-state index in [1.165, 1.54) is 19.1 Å². The van der Waals surface area contributed by atoms with Crippen LogP contribution in [0.15, 0.2) is 23.1 Å². The van der Waals surface area contributed by atoms with Crippen LogP contribution in [0.3, 0.4) is 0 Å². The van der Waals surface area contributed by atoms with Crippen molar-refractivity contribution in [3.05, 3.63) is 29.6 Å². The first kappa shape index (κ1) is 13.6. The molecular weight excluding hydrogens is 247 g/mol. The summed E-state index contributed by atoms with van der Waals surface area (Å²) in [6, 6.07) is 3.36. The average molecular weight is 260 g/mol. The summed E-state index contributed by atoms with van der Waals surface area (Å²) < 4.78 is 35.3. The summed E-state index contributed by atoms with van der Waals surface area (Å²) in [5, 5.41) is 8.89. The SMILES string of the molecule is Cc1ccc(S(=O)(=O)C(C)(C)C(=O)O)cc1F. The molecule has 0 fully saturated rings. The molecule has 0 radical (unpaired) electrons. The number of carboxylic acids is 1. The van der Waals surface area contributed by atoms with E-state index in [-0.39, 0.29) is 4.90 Å². The lowest BCUT2D eigenvalue weighted by atomic mass is 10.2. The fourth-order valence-electron chi connectivity index (χ4n) is 1.15. The number of halogens is 1. The summed E-state index contributed by atoms with van der Waals surface area (Å²) in [5.41, 5.74) is 0.303. The van der Waals surface area contributed by atoms with Crippen molar-refractivity contribution in [2.45, 2.75) is 30.4 Å². The topological polar surface area (TPSA) is 71.4 Å². The van der Waals surface area contributed by atoms with Crippen molar-refractivity contribution in [3.8, 4) is 0 Å². The maximum atomic E-state index is 13.3. The molecule has 1 aromatic rings. The second-order valence-electron chi connectivity index (χ2n) is 4.23. The molecule has 0 unspecified atom stereocenters. The van der Waals surface area contributed by atoms with Gasteiger partial charge in [-0.25, -0.2) is 12.8 Å². The van der Waals surface area contributed by atoms with E-state index in [0.717, 1.165) is 19.9 Å². The van der Waals surface area contributed by atoms with Crippen LogP contribution in [-0.2, 0) is 14.6 Å². The summed E-state index contributed by atoms with van der Waals surface area (Å²) in [5.74, 6) is -2.15. The molecular formula is C11H13FO4S. The molecule has 0 amide bonds. The number of carbonyl (C=O) groups is 1. The minimum Gasteiger partial charge on any atom is -0.480 e. The van der Waals surface area contributed by atoms with Crippen molar-refractivity contribution >= 4 is 15.8 Å². The third-order valence-corrected chi connectivity index (χ3v) is 5.03. The number of hydrogen-bond donors (Lipinski definition) is 1. The quantitative estimate of drug-likeness (QED) is 0.899. The molecule has 0 atom stereocenters. The Hall–Kier alpha value is -1.43. The maximum Gasteiger partial charge on any atom is 0.324 e. The van der Waals surface area contributed by atoms with Crippen molar-refractivity contribution in [2.75, 3.05) is 0 Å². The maximum absolute atomic E-state index is 13.3. The Morgan fingerprint density at radius 2 is 1.88 bits per heavy atom. The Balaban J connectivity index is 3.42. The first-order chi connectivity index (χ1) is 7.60. The zero-order valence-electron chi connectivity index (χ0n) is 9.69. The van der Waals surface area contributed by atoms with E-state index in [0.29, 0.717) is 5.56 Å². The molecule has 1 aromatic carbocycles. The van der Waals surface area contributed by atoms with E-state index < -0.39 is 26.4 Å². The van der Waals surface area contributed by atoms with Gasteiger partial charge in [-0.15, -0.1) is 0 Å². The molecule has 0 saturated heterocycles. The lowest BCUT2D eigenvalue weighted by Gasteiger charge is -2.19. The van der Waals surface area contributed by atoms with Gasteiger partial charge in [0.1, 0.15) is 5.82 Å². The van der Waals surface area contributed by atoms with Crippen LogP contribution in [0.25, 0.3) is 0 Å². The van der Waals surface area contributed by atoms with Crippen molar-refractivity contribution < 1.29 is 22.7 Å². The van der Waals surface area contributed by atoms with Crippen LogP contribution in [0.2, 0.25) is 0 Å². The van der Waals surface area contributed by atoms with Crippen molar-refractivity contribution in [3.63, 3.8) is 0 Å². The van der Waals surface area contributed by atoms with Crippen LogP contribution in [0.1, 0.15) is 19.4 Å². The molecule has 0 aliphatic carbocycles. The predicted molar refractivity (Wildman–Crippen MR) is 60.0 cm³/mol. The van der Waals surface area contributed by atoms with Gasteiger partial charge in [0, 0.05) is 0 Å². The van der Waals surface area contributed by atoms with Gasteiger partial charge in [0.15, 0.2) is 14.6 Å². The van der Waals surface area contributed by atoms with E-state index in [9.17, 15) is 17.6 Å². The van der Waals surface area contributed by atoms with Gasteiger partial charge in [0.25, 0.3) is 0 Å². The normalized spacial score (nSPS) is 12.5. The molecule has 0 spiro atoms. The molecule has 1 N–H and O–H groups in total. The van der Waals surface area contributed by atoms with Crippen LogP contribution < -0.4 is 0 Å². The molecule has 0 aliphatic rings. The highest BCUT2D eigenvalue weighted by molar-refractivity contribution is 7.93. The molecule has 0 saturated carbocycles. The smallest absolute Gasteiger partial charge is 0.324 e. The number of sulfone groups is 1. The minimum absolute atomic E-state index is 0.303. The minimum atomic E-state index is -4.12. The van der Waals surface area contributed by atoms with E-state index in [1.54, 1.807) is 0 Å². The third-order valence-electron chi connectivity index (χ3n) is 2.64. The number of hydrogen-bond acceptors (Lipinski definition) is 3. The van der Waals surface area contributed by atoms with Crippen LogP contribution in [0.4, 0.5) is 4.39 Å². The Morgan fingerprint density at radius 3 is 2.29 bits per heavy atom. The highest BCUT2D eigenvalue weighted by atomic mass is 32.2. The predicted octanol–water partition coefficient (Wildman–Crippen LogP) is 1.77. The summed E-state index contributed by atoms with van der Waals surface area (Å²) in [7, 11) is -4.12. The Kier molecular flexibility index (Phi) is 3.29. The lowest BCUT2D eigenvalue weighted by Crippen LogP contribution is -2.40. The number of benzene rings is 1. The monoisotopic (exact) mass is 260 g/mol. The molecule has 0 aromatic heterocycles. The van der Waals surface area contributed by atoms with Crippen LogP contribution in [0, 0.1) is 12.7 Å². The van der Waals surface area contributed by atoms with Gasteiger partial charge in [-0.3, -0.25) is 4.79 Å². The second-order valence-corrected chi connectivity index (χ2v) is 6.73. The van der Waals surface area contributed by atoms with Gasteiger partial charge in [0.05, 0.1) is 4.90 Å². The van der Waals surface area contributed by atoms with Gasteiger partial charge in [0.2, 0.25) is 0 Å². The molecule has 6 heteroatoms. The summed E-state index contributed by atoms with van der Waals surface area (Å²) in [6.07, 6.45) is 0. The fraction of sp³-hybridized carbons (Fsp3) is 0.364. The molecule has 0 aliphatic heterocycles. The summed E-state index contributed by atoms with van der Waals surface area (Å²) in [4.78, 5) is 10.6.